The molecule has 1 heterocycles. The van der Waals surface area contributed by atoms with Gasteiger partial charge in [-0.05, 0) is 44.5 Å². The number of alkyl halides is 3. The van der Waals surface area contributed by atoms with Crippen molar-refractivity contribution in [2.24, 2.45) is 0 Å². The van der Waals surface area contributed by atoms with E-state index in [-0.39, 0.29) is 19.7 Å². The molecule has 204 valence electrons. The average Bonchev–Trinajstić information content (AvgIpc) is 2.78. The molecule has 1 saturated heterocycles. The lowest BCUT2D eigenvalue weighted by Crippen LogP contribution is -2.53. The van der Waals surface area contributed by atoms with Crippen molar-refractivity contribution in [3.05, 3.63) is 47.5 Å². The summed E-state index contributed by atoms with van der Waals surface area (Å²) in [6.45, 7) is 0.783. The van der Waals surface area contributed by atoms with E-state index in [9.17, 15) is 22.8 Å². The molecule has 0 aliphatic carbocycles. The molecular weight excluding hydrogens is 573 g/mol. The van der Waals surface area contributed by atoms with Gasteiger partial charge in [0.25, 0.3) is 0 Å². The van der Waals surface area contributed by atoms with Gasteiger partial charge in [0, 0.05) is 0 Å². The summed E-state index contributed by atoms with van der Waals surface area (Å²) >= 11 is 16.7. The Morgan fingerprint density at radius 2 is 1.78 bits per heavy atom. The molecular formula is C21H26BCl3N2O9S. The van der Waals surface area contributed by atoms with Crippen LogP contribution < -0.4 is 4.72 Å². The summed E-state index contributed by atoms with van der Waals surface area (Å²) in [6.07, 6.45) is 3.91. The zero-order chi connectivity index (χ0) is 27.6. The van der Waals surface area contributed by atoms with Crippen molar-refractivity contribution in [1.82, 2.24) is 9.62 Å². The molecule has 1 aliphatic heterocycles. The van der Waals surface area contributed by atoms with Gasteiger partial charge in [-0.2, -0.15) is 13.1 Å². The molecule has 1 atom stereocenters. The fourth-order valence-corrected chi connectivity index (χ4v) is 4.33. The Kier molecular flexibility index (Phi) is 12.1. The minimum atomic E-state index is -4.53. The lowest BCUT2D eigenvalue weighted by molar-refractivity contribution is -0.145. The molecule has 0 saturated carbocycles. The second-order valence-corrected chi connectivity index (χ2v) is 11.8. The molecule has 1 aliphatic rings. The number of allylic oxidation sites excluding steroid dienone is 1. The van der Waals surface area contributed by atoms with Crippen molar-refractivity contribution in [2.75, 3.05) is 33.4 Å². The van der Waals surface area contributed by atoms with E-state index in [0.717, 1.165) is 5.56 Å². The van der Waals surface area contributed by atoms with Crippen LogP contribution in [0, 0.1) is 0 Å². The van der Waals surface area contributed by atoms with Gasteiger partial charge in [-0.1, -0.05) is 59.1 Å². The number of nitrogens with one attached hydrogen (secondary N) is 1. The van der Waals surface area contributed by atoms with E-state index in [4.69, 9.17) is 48.8 Å². The molecule has 1 aromatic carbocycles. The number of benzene rings is 1. The maximum Gasteiger partial charge on any atom is 0.622 e. The maximum atomic E-state index is 12.4. The number of hydrogen-bond donors (Lipinski definition) is 1. The molecule has 0 bridgehead atoms. The minimum Gasteiger partial charge on any atom is -0.497 e. The number of hydrogen-bond acceptors (Lipinski definition) is 10. The highest BCUT2D eigenvalue weighted by Crippen LogP contribution is 2.26. The minimum absolute atomic E-state index is 0.208. The van der Waals surface area contributed by atoms with Crippen molar-refractivity contribution >= 4 is 70.1 Å². The molecule has 0 spiro atoms. The number of rotatable bonds is 11. The van der Waals surface area contributed by atoms with E-state index in [0.29, 0.717) is 18.4 Å². The van der Waals surface area contributed by atoms with Crippen LogP contribution in [0.15, 0.2) is 36.4 Å². The highest BCUT2D eigenvalue weighted by atomic mass is 35.6. The van der Waals surface area contributed by atoms with Gasteiger partial charge < -0.3 is 14.0 Å². The van der Waals surface area contributed by atoms with Crippen LogP contribution in [0.2, 0.25) is 0 Å². The Hall–Kier alpha value is -1.87. The highest BCUT2D eigenvalue weighted by Gasteiger charge is 2.41. The maximum absolute atomic E-state index is 12.4. The molecule has 0 radical (unpaired) electrons. The SMILES string of the molecule is CCOC(=O)c1ccc(CC/C=C/C(NS(=O)(=O)OCC(Cl)(Cl)Cl)B2OC(=O)CN(C)CC(=O)O2)cc1. The summed E-state index contributed by atoms with van der Waals surface area (Å²) in [7, 11) is -4.62. The normalized spacial score (nSPS) is 16.6. The van der Waals surface area contributed by atoms with Crippen LogP contribution in [0.25, 0.3) is 0 Å². The summed E-state index contributed by atoms with van der Waals surface area (Å²) < 4.78 is 44.9. The topological polar surface area (TPSA) is 138 Å². The number of ether oxygens (including phenoxy) is 1. The fraction of sp³-hybridized carbons (Fsp3) is 0.476. The van der Waals surface area contributed by atoms with Gasteiger partial charge in [0.05, 0.1) is 25.3 Å². The van der Waals surface area contributed by atoms with E-state index in [1.807, 2.05) is 0 Å². The first-order valence-corrected chi connectivity index (χ1v) is 13.6. The second kappa shape index (κ2) is 14.3. The molecule has 1 unspecified atom stereocenters. The molecule has 11 nitrogen and oxygen atoms in total. The third kappa shape index (κ3) is 12.0. The van der Waals surface area contributed by atoms with Crippen molar-refractivity contribution in [3.8, 4) is 0 Å². The smallest absolute Gasteiger partial charge is 0.497 e. The lowest BCUT2D eigenvalue weighted by Gasteiger charge is -2.26. The third-order valence-electron chi connectivity index (χ3n) is 4.65. The summed E-state index contributed by atoms with van der Waals surface area (Å²) in [5.74, 6) is -3.23. The van der Waals surface area contributed by atoms with Gasteiger partial charge in [-0.25, -0.2) is 4.79 Å². The van der Waals surface area contributed by atoms with Crippen LogP contribution in [-0.2, 0) is 44.5 Å². The van der Waals surface area contributed by atoms with Crippen molar-refractivity contribution in [1.29, 1.82) is 0 Å². The van der Waals surface area contributed by atoms with Crippen LogP contribution in [-0.4, -0.2) is 81.4 Å². The van der Waals surface area contributed by atoms with E-state index >= 15 is 0 Å². The summed E-state index contributed by atoms with van der Waals surface area (Å²) in [6, 6.07) is 6.81. The van der Waals surface area contributed by atoms with E-state index in [1.165, 1.54) is 18.0 Å². The van der Waals surface area contributed by atoms with Crippen molar-refractivity contribution < 1.29 is 41.0 Å². The van der Waals surface area contributed by atoms with Crippen LogP contribution in [0.3, 0.4) is 0 Å². The van der Waals surface area contributed by atoms with E-state index in [2.05, 4.69) is 8.91 Å². The van der Waals surface area contributed by atoms with Crippen LogP contribution in [0.4, 0.5) is 0 Å². The van der Waals surface area contributed by atoms with Gasteiger partial charge in [-0.15, -0.1) is 0 Å². The quantitative estimate of drug-likeness (QED) is 0.174. The Balaban J connectivity index is 2.13. The highest BCUT2D eigenvalue weighted by molar-refractivity contribution is 7.84. The number of esters is 1. The monoisotopic (exact) mass is 598 g/mol. The van der Waals surface area contributed by atoms with E-state index in [1.54, 1.807) is 37.3 Å². The predicted molar refractivity (Wildman–Crippen MR) is 137 cm³/mol. The van der Waals surface area contributed by atoms with Gasteiger partial charge in [0.1, 0.15) is 12.5 Å². The first-order valence-electron chi connectivity index (χ1n) is 11.0. The first-order chi connectivity index (χ1) is 17.3. The Labute approximate surface area is 230 Å². The van der Waals surface area contributed by atoms with Gasteiger partial charge in [0.15, 0.2) is 0 Å². The Morgan fingerprint density at radius 1 is 1.19 bits per heavy atom. The summed E-state index contributed by atoms with van der Waals surface area (Å²) in [4.78, 5) is 37.5. The molecule has 0 amide bonds. The van der Waals surface area contributed by atoms with Gasteiger partial charge in [-0.3, -0.25) is 18.7 Å². The Morgan fingerprint density at radius 3 is 2.32 bits per heavy atom. The van der Waals surface area contributed by atoms with Crippen LogP contribution in [0.1, 0.15) is 29.3 Å². The van der Waals surface area contributed by atoms with Gasteiger partial charge in [0.2, 0.25) is 3.79 Å². The second-order valence-electron chi connectivity index (χ2n) is 7.88. The zero-order valence-corrected chi connectivity index (χ0v) is 23.1. The number of likely N-dealkylation sites (N-methyl/N-ethyl adjacent to an activating group) is 1. The molecule has 0 aromatic heterocycles. The molecule has 1 aromatic rings. The van der Waals surface area contributed by atoms with Gasteiger partial charge >= 0.3 is 35.3 Å². The molecule has 1 N–H and O–H groups in total. The number of aryl methyl sites for hydroxylation is 1. The third-order valence-corrected chi connectivity index (χ3v) is 5.97. The molecule has 1 fully saturated rings. The van der Waals surface area contributed by atoms with Crippen molar-refractivity contribution in [3.63, 3.8) is 0 Å². The number of carbonyl (C=O) groups is 3. The lowest BCUT2D eigenvalue weighted by atomic mass is 9.78. The molecule has 16 heteroatoms. The fourth-order valence-electron chi connectivity index (χ4n) is 3.05. The largest absolute Gasteiger partial charge is 0.622 e. The standard InChI is InChI=1S/C21H26BCl3N2O9S/c1-3-33-20(30)16-10-8-15(9-11-16)6-4-5-7-17(26-37(31,32)34-14-21(23,24)25)22-35-18(28)12-27(2)13-19(29)36-22/h5,7-11,17,26H,3-4,6,12-14H2,1-2H3/b7-5+. The average molecular weight is 600 g/mol. The molecule has 37 heavy (non-hydrogen) atoms. The summed E-state index contributed by atoms with van der Waals surface area (Å²) in [5.41, 5.74) is 1.32. The Bertz CT molecular complexity index is 1060. The summed E-state index contributed by atoms with van der Waals surface area (Å²) in [5, 5.41) is 0. The molecule has 2 rings (SSSR count). The zero-order valence-electron chi connectivity index (χ0n) is 20.0. The first kappa shape index (κ1) is 31.4. The number of nitrogens with zero attached hydrogens (tertiary/aromatic N) is 1. The van der Waals surface area contributed by atoms with Crippen molar-refractivity contribution in [2.45, 2.75) is 29.5 Å². The van der Waals surface area contributed by atoms with E-state index < -0.39 is 51.7 Å². The van der Waals surface area contributed by atoms with Crippen LogP contribution >= 0.6 is 34.8 Å². The number of carbonyl (C=O) groups excluding carboxylic acids is 3. The predicted octanol–water partition coefficient (Wildman–Crippen LogP) is 2.00. The van der Waals surface area contributed by atoms with Crippen LogP contribution in [0.5, 0.6) is 0 Å². The number of halogens is 3.